The molecule has 0 radical (unpaired) electrons. The predicted molar refractivity (Wildman–Crippen MR) is 86.4 cm³/mol. The number of phenols is 2. The first kappa shape index (κ1) is 14.7. The fourth-order valence-corrected chi connectivity index (χ4v) is 1.92. The summed E-state index contributed by atoms with van der Waals surface area (Å²) in [6.07, 6.45) is 0. The third-order valence-corrected chi connectivity index (χ3v) is 3.04. The number of aromatic hydroxyl groups is 2. The van der Waals surface area contributed by atoms with Crippen LogP contribution in [0.15, 0.2) is 78.9 Å². The zero-order valence-corrected chi connectivity index (χ0v) is 11.9. The lowest BCUT2D eigenvalue weighted by molar-refractivity contribution is 0.405. The highest BCUT2D eigenvalue weighted by Gasteiger charge is 2.06. The Bertz CT molecular complexity index is 676. The first-order valence-corrected chi connectivity index (χ1v) is 6.76. The van der Waals surface area contributed by atoms with Crippen LogP contribution in [0.5, 0.6) is 11.5 Å². The second kappa shape index (κ2) is 7.15. The van der Waals surface area contributed by atoms with Crippen LogP contribution in [0, 0.1) is 6.92 Å². The van der Waals surface area contributed by atoms with Crippen LogP contribution in [0.1, 0.15) is 5.56 Å². The Hall–Kier alpha value is -2.74. The molecule has 0 amide bonds. The zero-order valence-electron chi connectivity index (χ0n) is 11.9. The molecule has 0 saturated carbocycles. The van der Waals surface area contributed by atoms with Crippen molar-refractivity contribution in [1.29, 1.82) is 0 Å². The van der Waals surface area contributed by atoms with E-state index in [1.54, 1.807) is 12.1 Å². The van der Waals surface area contributed by atoms with E-state index in [9.17, 15) is 10.2 Å². The number of hydrogen-bond donors (Lipinski definition) is 2. The highest BCUT2D eigenvalue weighted by Crippen LogP contribution is 2.35. The Kier molecular flexibility index (Phi) is 4.99. The summed E-state index contributed by atoms with van der Waals surface area (Å²) < 4.78 is 0. The van der Waals surface area contributed by atoms with Crippen molar-refractivity contribution in [3.8, 4) is 22.6 Å². The van der Waals surface area contributed by atoms with Crippen molar-refractivity contribution < 1.29 is 10.2 Å². The molecule has 0 atom stereocenters. The molecule has 0 aliphatic carbocycles. The quantitative estimate of drug-likeness (QED) is 0.630. The van der Waals surface area contributed by atoms with Crippen molar-refractivity contribution in [3.63, 3.8) is 0 Å². The Balaban J connectivity index is 0.000000194. The van der Waals surface area contributed by atoms with Gasteiger partial charge in [0.25, 0.3) is 0 Å². The van der Waals surface area contributed by atoms with Gasteiger partial charge in [0.05, 0.1) is 0 Å². The van der Waals surface area contributed by atoms with E-state index in [1.165, 1.54) is 11.6 Å². The lowest BCUT2D eigenvalue weighted by Gasteiger charge is -2.05. The Morgan fingerprint density at radius 3 is 1.71 bits per heavy atom. The normalized spacial score (nSPS) is 9.57. The van der Waals surface area contributed by atoms with E-state index in [0.717, 1.165) is 5.56 Å². The SMILES string of the molecule is Cc1ccccc1.Oc1cccc(-c2ccccc2)c1O. The molecule has 3 rings (SSSR count). The van der Waals surface area contributed by atoms with Crippen molar-refractivity contribution in [3.05, 3.63) is 84.4 Å². The topological polar surface area (TPSA) is 40.5 Å². The Morgan fingerprint density at radius 1 is 0.619 bits per heavy atom. The summed E-state index contributed by atoms with van der Waals surface area (Å²) in [4.78, 5) is 0. The van der Waals surface area contributed by atoms with Gasteiger partial charge in [-0.25, -0.2) is 0 Å². The lowest BCUT2D eigenvalue weighted by Crippen LogP contribution is -1.78. The average molecular weight is 278 g/mol. The zero-order chi connectivity index (χ0) is 15.1. The number of hydrogen-bond acceptors (Lipinski definition) is 2. The maximum Gasteiger partial charge on any atom is 0.165 e. The number of rotatable bonds is 1. The summed E-state index contributed by atoms with van der Waals surface area (Å²) in [7, 11) is 0. The van der Waals surface area contributed by atoms with Crippen LogP contribution < -0.4 is 0 Å². The van der Waals surface area contributed by atoms with Gasteiger partial charge in [0.1, 0.15) is 0 Å². The van der Waals surface area contributed by atoms with E-state index in [0.29, 0.717) is 5.56 Å². The lowest BCUT2D eigenvalue weighted by atomic mass is 10.0. The van der Waals surface area contributed by atoms with Gasteiger partial charge in [0, 0.05) is 5.56 Å². The Labute approximate surface area is 125 Å². The molecule has 106 valence electrons. The van der Waals surface area contributed by atoms with Gasteiger partial charge in [0.2, 0.25) is 0 Å². The molecular formula is C19H18O2. The molecule has 3 aromatic rings. The third-order valence-electron chi connectivity index (χ3n) is 3.04. The third kappa shape index (κ3) is 4.11. The maximum absolute atomic E-state index is 9.60. The minimum absolute atomic E-state index is 0.0706. The van der Waals surface area contributed by atoms with E-state index >= 15 is 0 Å². The summed E-state index contributed by atoms with van der Waals surface area (Å²) in [5.41, 5.74) is 2.86. The summed E-state index contributed by atoms with van der Waals surface area (Å²) >= 11 is 0. The number of para-hydroxylation sites is 1. The number of benzene rings is 3. The van der Waals surface area contributed by atoms with Gasteiger partial charge in [-0.05, 0) is 18.6 Å². The molecule has 0 saturated heterocycles. The fraction of sp³-hybridized carbons (Fsp3) is 0.0526. The maximum atomic E-state index is 9.60. The van der Waals surface area contributed by atoms with E-state index < -0.39 is 0 Å². The van der Waals surface area contributed by atoms with Crippen LogP contribution in [-0.4, -0.2) is 10.2 Å². The standard InChI is InChI=1S/C12H10O2.C7H8/c13-11-8-4-7-10(12(11)14)9-5-2-1-3-6-9;1-7-5-3-2-4-6-7/h1-8,13-14H;2-6H,1H3. The summed E-state index contributed by atoms with van der Waals surface area (Å²) in [6.45, 7) is 2.08. The van der Waals surface area contributed by atoms with E-state index in [-0.39, 0.29) is 11.5 Å². The van der Waals surface area contributed by atoms with Gasteiger partial charge in [-0.2, -0.15) is 0 Å². The van der Waals surface area contributed by atoms with Crippen LogP contribution in [0.2, 0.25) is 0 Å². The monoisotopic (exact) mass is 278 g/mol. The predicted octanol–water partition coefficient (Wildman–Crippen LogP) is 4.76. The van der Waals surface area contributed by atoms with Crippen molar-refractivity contribution in [2.24, 2.45) is 0 Å². The minimum atomic E-state index is -0.0913. The second-order valence-corrected chi connectivity index (χ2v) is 4.69. The van der Waals surface area contributed by atoms with Gasteiger partial charge in [-0.3, -0.25) is 0 Å². The molecule has 0 heterocycles. The average Bonchev–Trinajstić information content (AvgIpc) is 2.52. The first-order valence-electron chi connectivity index (χ1n) is 6.76. The summed E-state index contributed by atoms with van der Waals surface area (Å²) in [5.74, 6) is -0.162. The summed E-state index contributed by atoms with van der Waals surface area (Å²) in [6, 6.07) is 24.6. The van der Waals surface area contributed by atoms with Crippen LogP contribution >= 0.6 is 0 Å². The Morgan fingerprint density at radius 2 is 1.19 bits per heavy atom. The van der Waals surface area contributed by atoms with Crippen molar-refractivity contribution in [2.75, 3.05) is 0 Å². The van der Waals surface area contributed by atoms with Gasteiger partial charge < -0.3 is 10.2 Å². The van der Waals surface area contributed by atoms with Crippen LogP contribution in [0.3, 0.4) is 0 Å². The number of phenolic OH excluding ortho intramolecular Hbond substituents is 2. The van der Waals surface area contributed by atoms with Crippen LogP contribution in [0.25, 0.3) is 11.1 Å². The van der Waals surface area contributed by atoms with Crippen molar-refractivity contribution >= 4 is 0 Å². The van der Waals surface area contributed by atoms with Gasteiger partial charge in [0.15, 0.2) is 11.5 Å². The highest BCUT2D eigenvalue weighted by molar-refractivity contribution is 5.72. The molecule has 0 fully saturated rings. The largest absolute Gasteiger partial charge is 0.504 e. The number of aryl methyl sites for hydroxylation is 1. The van der Waals surface area contributed by atoms with Crippen LogP contribution in [0.4, 0.5) is 0 Å². The van der Waals surface area contributed by atoms with E-state index in [1.807, 2.05) is 48.5 Å². The summed E-state index contributed by atoms with van der Waals surface area (Å²) in [5, 5.41) is 18.9. The van der Waals surface area contributed by atoms with Crippen LogP contribution in [-0.2, 0) is 0 Å². The molecule has 0 bridgehead atoms. The van der Waals surface area contributed by atoms with E-state index in [2.05, 4.69) is 19.1 Å². The van der Waals surface area contributed by atoms with Crippen molar-refractivity contribution in [1.82, 2.24) is 0 Å². The smallest absolute Gasteiger partial charge is 0.165 e. The second-order valence-electron chi connectivity index (χ2n) is 4.69. The molecular weight excluding hydrogens is 260 g/mol. The molecule has 0 aliphatic heterocycles. The minimum Gasteiger partial charge on any atom is -0.504 e. The molecule has 2 nitrogen and oxygen atoms in total. The van der Waals surface area contributed by atoms with Gasteiger partial charge >= 0.3 is 0 Å². The molecule has 0 aromatic heterocycles. The molecule has 0 aliphatic rings. The first-order chi connectivity index (χ1) is 10.2. The molecule has 3 aromatic carbocycles. The van der Waals surface area contributed by atoms with Gasteiger partial charge in [-0.15, -0.1) is 0 Å². The highest BCUT2D eigenvalue weighted by atomic mass is 16.3. The molecule has 2 heteroatoms. The van der Waals surface area contributed by atoms with Gasteiger partial charge in [-0.1, -0.05) is 78.4 Å². The van der Waals surface area contributed by atoms with Crippen molar-refractivity contribution in [2.45, 2.75) is 6.92 Å². The van der Waals surface area contributed by atoms with E-state index in [4.69, 9.17) is 0 Å². The molecule has 2 N–H and O–H groups in total. The molecule has 0 unspecified atom stereocenters. The molecule has 0 spiro atoms. The molecule has 21 heavy (non-hydrogen) atoms. The fourth-order valence-electron chi connectivity index (χ4n) is 1.92.